The Hall–Kier alpha value is -0.300. The van der Waals surface area contributed by atoms with Crippen LogP contribution in [0, 0.1) is 23.7 Å². The second-order valence-electron chi connectivity index (χ2n) is 5.67. The molecular weight excluding hydrogens is 170 g/mol. The fourth-order valence-corrected chi connectivity index (χ4v) is 4.05. The van der Waals surface area contributed by atoms with E-state index in [9.17, 15) is 0 Å². The van der Waals surface area contributed by atoms with Crippen molar-refractivity contribution in [3.8, 4) is 0 Å². The summed E-state index contributed by atoms with van der Waals surface area (Å²) in [6.07, 6.45) is 5.79. The van der Waals surface area contributed by atoms with Crippen LogP contribution >= 0.6 is 0 Å². The molecule has 2 bridgehead atoms. The van der Waals surface area contributed by atoms with Gasteiger partial charge in [0.05, 0.1) is 0 Å². The van der Waals surface area contributed by atoms with E-state index in [1.807, 2.05) is 0 Å². The van der Waals surface area contributed by atoms with Crippen molar-refractivity contribution in [2.24, 2.45) is 23.7 Å². The van der Waals surface area contributed by atoms with Gasteiger partial charge < -0.3 is 5.32 Å². The zero-order valence-electron chi connectivity index (χ0n) is 9.13. The summed E-state index contributed by atoms with van der Waals surface area (Å²) in [6, 6.07) is 0.903. The van der Waals surface area contributed by atoms with Crippen LogP contribution < -0.4 is 5.32 Å². The van der Waals surface area contributed by atoms with Gasteiger partial charge >= 0.3 is 0 Å². The first kappa shape index (κ1) is 8.96. The van der Waals surface area contributed by atoms with Crippen molar-refractivity contribution in [1.29, 1.82) is 0 Å². The third-order valence-corrected chi connectivity index (χ3v) is 4.67. The van der Waals surface area contributed by atoms with Gasteiger partial charge in [0.25, 0.3) is 0 Å². The number of fused-ring (bicyclic) bond motifs is 5. The second kappa shape index (κ2) is 3.10. The molecule has 4 atom stereocenters. The van der Waals surface area contributed by atoms with Crippen LogP contribution in [0.15, 0.2) is 12.2 Å². The summed E-state index contributed by atoms with van der Waals surface area (Å²) in [5.74, 6) is 4.37. The summed E-state index contributed by atoms with van der Waals surface area (Å²) < 4.78 is 0. The number of rotatable bonds is 4. The molecule has 3 aliphatic carbocycles. The Kier molecular flexibility index (Phi) is 1.98. The van der Waals surface area contributed by atoms with Crippen LogP contribution in [-0.4, -0.2) is 12.6 Å². The Bertz CT molecular complexity index is 242. The lowest BCUT2D eigenvalue weighted by atomic mass is 10.0. The molecule has 3 aliphatic rings. The van der Waals surface area contributed by atoms with Crippen LogP contribution in [0.2, 0.25) is 0 Å². The topological polar surface area (TPSA) is 12.0 Å². The molecule has 1 N–H and O–H groups in total. The number of nitrogens with one attached hydrogen (secondary N) is 1. The highest BCUT2D eigenvalue weighted by Crippen LogP contribution is 2.65. The maximum atomic E-state index is 3.95. The molecule has 1 nitrogen and oxygen atoms in total. The molecule has 3 rings (SSSR count). The second-order valence-corrected chi connectivity index (χ2v) is 5.67. The Morgan fingerprint density at radius 2 is 1.93 bits per heavy atom. The van der Waals surface area contributed by atoms with Crippen molar-refractivity contribution >= 4 is 0 Å². The lowest BCUT2D eigenvalue weighted by Gasteiger charge is -2.10. The zero-order valence-corrected chi connectivity index (χ0v) is 9.13. The van der Waals surface area contributed by atoms with Crippen LogP contribution in [0.1, 0.15) is 32.6 Å². The average molecular weight is 191 g/mol. The van der Waals surface area contributed by atoms with E-state index in [4.69, 9.17) is 0 Å². The van der Waals surface area contributed by atoms with E-state index in [0.29, 0.717) is 0 Å². The molecule has 0 aromatic carbocycles. The van der Waals surface area contributed by atoms with Crippen molar-refractivity contribution in [3.63, 3.8) is 0 Å². The van der Waals surface area contributed by atoms with E-state index in [0.717, 1.165) is 42.7 Å². The lowest BCUT2D eigenvalue weighted by molar-refractivity contribution is 0.456. The normalized spacial score (nSPS) is 47.9. The summed E-state index contributed by atoms with van der Waals surface area (Å²) in [5, 5.41) is 3.73. The highest BCUT2D eigenvalue weighted by atomic mass is 15.0. The van der Waals surface area contributed by atoms with Gasteiger partial charge in [0.15, 0.2) is 0 Å². The van der Waals surface area contributed by atoms with E-state index < -0.39 is 0 Å². The molecule has 78 valence electrons. The predicted molar refractivity (Wildman–Crippen MR) is 59.0 cm³/mol. The summed E-state index contributed by atoms with van der Waals surface area (Å²) in [7, 11) is 0. The van der Waals surface area contributed by atoms with Gasteiger partial charge in [-0.05, 0) is 62.8 Å². The molecule has 0 heterocycles. The monoisotopic (exact) mass is 191 g/mol. The highest BCUT2D eigenvalue weighted by molar-refractivity contribution is 5.16. The maximum Gasteiger partial charge on any atom is 0.0136 e. The predicted octanol–water partition coefficient (Wildman–Crippen LogP) is 2.59. The van der Waals surface area contributed by atoms with E-state index in [-0.39, 0.29) is 0 Å². The molecule has 3 saturated carbocycles. The summed E-state index contributed by atoms with van der Waals surface area (Å²) in [6.45, 7) is 7.23. The Labute approximate surface area is 87.0 Å². The summed E-state index contributed by atoms with van der Waals surface area (Å²) in [4.78, 5) is 0. The van der Waals surface area contributed by atoms with E-state index >= 15 is 0 Å². The smallest absolute Gasteiger partial charge is 0.0136 e. The molecule has 4 unspecified atom stereocenters. The van der Waals surface area contributed by atoms with Crippen LogP contribution in [-0.2, 0) is 0 Å². The minimum absolute atomic E-state index is 0.903. The van der Waals surface area contributed by atoms with Gasteiger partial charge in [-0.1, -0.05) is 5.57 Å². The molecule has 0 spiro atoms. The Balaban J connectivity index is 1.48. The van der Waals surface area contributed by atoms with E-state index in [1.54, 1.807) is 6.42 Å². The minimum atomic E-state index is 0.903. The maximum absolute atomic E-state index is 3.95. The SMILES string of the molecule is C=C(C)CCNC1C2C3CCC(C3)C12. The van der Waals surface area contributed by atoms with E-state index in [1.165, 1.54) is 18.4 Å². The highest BCUT2D eigenvalue weighted by Gasteiger charge is 2.64. The number of hydrogen-bond donors (Lipinski definition) is 1. The third-order valence-electron chi connectivity index (χ3n) is 4.67. The molecule has 0 aromatic heterocycles. The summed E-state index contributed by atoms with van der Waals surface area (Å²) >= 11 is 0. The van der Waals surface area contributed by atoms with Crippen LogP contribution in [0.4, 0.5) is 0 Å². The van der Waals surface area contributed by atoms with Crippen LogP contribution in [0.5, 0.6) is 0 Å². The van der Waals surface area contributed by atoms with Gasteiger partial charge in [0.1, 0.15) is 0 Å². The van der Waals surface area contributed by atoms with Gasteiger partial charge in [0, 0.05) is 6.04 Å². The van der Waals surface area contributed by atoms with Gasteiger partial charge in [-0.3, -0.25) is 0 Å². The fraction of sp³-hybridized carbons (Fsp3) is 0.846. The van der Waals surface area contributed by atoms with Crippen molar-refractivity contribution in [3.05, 3.63) is 12.2 Å². The molecule has 0 saturated heterocycles. The Morgan fingerprint density at radius 3 is 2.50 bits per heavy atom. The molecule has 0 aliphatic heterocycles. The quantitative estimate of drug-likeness (QED) is 0.673. The lowest BCUT2D eigenvalue weighted by Crippen LogP contribution is -2.24. The largest absolute Gasteiger partial charge is 0.313 e. The first-order valence-corrected chi connectivity index (χ1v) is 6.15. The zero-order chi connectivity index (χ0) is 9.71. The average Bonchev–Trinajstić information content (AvgIpc) is 2.57. The fourth-order valence-electron chi connectivity index (χ4n) is 4.05. The first-order chi connectivity index (χ1) is 6.77. The molecule has 3 fully saturated rings. The van der Waals surface area contributed by atoms with Crippen molar-refractivity contribution < 1.29 is 0 Å². The standard InChI is InChI=1S/C13H21N/c1-8(2)5-6-14-13-11-9-3-4-10(7-9)12(11)13/h9-14H,1,3-7H2,2H3. The molecule has 0 amide bonds. The van der Waals surface area contributed by atoms with Crippen LogP contribution in [0.3, 0.4) is 0 Å². The summed E-state index contributed by atoms with van der Waals surface area (Å²) in [5.41, 5.74) is 1.31. The van der Waals surface area contributed by atoms with Gasteiger partial charge in [-0.15, -0.1) is 6.58 Å². The Morgan fingerprint density at radius 1 is 1.29 bits per heavy atom. The van der Waals surface area contributed by atoms with Crippen LogP contribution in [0.25, 0.3) is 0 Å². The molecule has 0 aromatic rings. The van der Waals surface area contributed by atoms with Gasteiger partial charge in [0.2, 0.25) is 0 Å². The van der Waals surface area contributed by atoms with Crippen molar-refractivity contribution in [2.45, 2.75) is 38.6 Å². The molecule has 14 heavy (non-hydrogen) atoms. The molecular formula is C13H21N. The van der Waals surface area contributed by atoms with E-state index in [2.05, 4.69) is 18.8 Å². The van der Waals surface area contributed by atoms with Crippen molar-refractivity contribution in [2.75, 3.05) is 6.54 Å². The van der Waals surface area contributed by atoms with Gasteiger partial charge in [-0.2, -0.15) is 0 Å². The van der Waals surface area contributed by atoms with Crippen molar-refractivity contribution in [1.82, 2.24) is 5.32 Å². The first-order valence-electron chi connectivity index (χ1n) is 6.15. The van der Waals surface area contributed by atoms with Gasteiger partial charge in [-0.25, -0.2) is 0 Å². The minimum Gasteiger partial charge on any atom is -0.313 e. The molecule has 1 heteroatoms. The molecule has 0 radical (unpaired) electrons. The third kappa shape index (κ3) is 1.25. The number of hydrogen-bond acceptors (Lipinski definition) is 1.